The van der Waals surface area contributed by atoms with E-state index in [0.717, 1.165) is 24.6 Å². The van der Waals surface area contributed by atoms with Crippen molar-refractivity contribution in [1.29, 1.82) is 0 Å². The number of aromatic nitrogens is 4. The number of rotatable bonds is 3. The summed E-state index contributed by atoms with van der Waals surface area (Å²) in [6.45, 7) is 4.42. The van der Waals surface area contributed by atoms with Gasteiger partial charge in [-0.3, -0.25) is 9.78 Å². The molecule has 4 rings (SSSR count). The Labute approximate surface area is 144 Å². The number of nitrogens with one attached hydrogen (secondary N) is 1. The van der Waals surface area contributed by atoms with Crippen LogP contribution in [0.1, 0.15) is 36.6 Å². The Balaban J connectivity index is 1.45. The molecular formula is C17H21FN6O. The summed E-state index contributed by atoms with van der Waals surface area (Å²) in [6, 6.07) is 2.10. The third-order valence-corrected chi connectivity index (χ3v) is 5.12. The Bertz CT molecular complexity index is 826. The Morgan fingerprint density at radius 3 is 2.52 bits per heavy atom. The van der Waals surface area contributed by atoms with Crippen molar-refractivity contribution in [2.75, 3.05) is 36.0 Å². The van der Waals surface area contributed by atoms with E-state index in [-0.39, 0.29) is 5.69 Å². The van der Waals surface area contributed by atoms with Crippen LogP contribution in [0.2, 0.25) is 0 Å². The van der Waals surface area contributed by atoms with E-state index in [1.54, 1.807) is 6.33 Å². The average Bonchev–Trinajstić information content (AvgIpc) is 2.58. The minimum atomic E-state index is -0.813. The van der Waals surface area contributed by atoms with Gasteiger partial charge in [0.2, 0.25) is 11.8 Å². The van der Waals surface area contributed by atoms with Gasteiger partial charge in [-0.15, -0.1) is 0 Å². The van der Waals surface area contributed by atoms with Gasteiger partial charge in [-0.25, -0.2) is 15.0 Å². The SMILES string of the molecule is Cc1nc(N2CCN(c3cc(C4CCC4)ncn3)CC2)[nH]c(=O)c1F. The Kier molecular flexibility index (Phi) is 4.10. The molecule has 1 saturated carbocycles. The molecular weight excluding hydrogens is 323 g/mol. The second-order valence-corrected chi connectivity index (χ2v) is 6.69. The molecule has 0 unspecified atom stereocenters. The van der Waals surface area contributed by atoms with Crippen LogP contribution in [0.5, 0.6) is 0 Å². The van der Waals surface area contributed by atoms with Gasteiger partial charge in [0.25, 0.3) is 5.56 Å². The zero-order valence-electron chi connectivity index (χ0n) is 14.2. The second-order valence-electron chi connectivity index (χ2n) is 6.69. The first-order chi connectivity index (χ1) is 12.1. The van der Waals surface area contributed by atoms with Crippen LogP contribution in [-0.4, -0.2) is 46.1 Å². The molecule has 0 atom stereocenters. The van der Waals surface area contributed by atoms with E-state index < -0.39 is 11.4 Å². The van der Waals surface area contributed by atoms with E-state index >= 15 is 0 Å². The molecule has 0 bridgehead atoms. The van der Waals surface area contributed by atoms with Crippen LogP contribution in [-0.2, 0) is 0 Å². The van der Waals surface area contributed by atoms with Crippen molar-refractivity contribution in [1.82, 2.24) is 19.9 Å². The highest BCUT2D eigenvalue weighted by Gasteiger charge is 2.24. The van der Waals surface area contributed by atoms with Crippen molar-refractivity contribution in [3.05, 3.63) is 40.0 Å². The van der Waals surface area contributed by atoms with Gasteiger partial charge < -0.3 is 9.80 Å². The molecule has 7 nitrogen and oxygen atoms in total. The summed E-state index contributed by atoms with van der Waals surface area (Å²) in [6.07, 6.45) is 5.36. The number of aromatic amines is 1. The van der Waals surface area contributed by atoms with Gasteiger partial charge >= 0.3 is 0 Å². The fraction of sp³-hybridized carbons (Fsp3) is 0.529. The number of piperazine rings is 1. The Morgan fingerprint density at radius 2 is 1.88 bits per heavy atom. The number of nitrogens with zero attached hydrogens (tertiary/aromatic N) is 5. The fourth-order valence-corrected chi connectivity index (χ4v) is 3.32. The molecule has 2 aromatic rings. The van der Waals surface area contributed by atoms with Crippen molar-refractivity contribution < 1.29 is 4.39 Å². The zero-order valence-corrected chi connectivity index (χ0v) is 14.2. The summed E-state index contributed by atoms with van der Waals surface area (Å²) in [5.41, 5.74) is 0.548. The molecule has 1 saturated heterocycles. The summed E-state index contributed by atoms with van der Waals surface area (Å²) < 4.78 is 13.5. The third-order valence-electron chi connectivity index (χ3n) is 5.12. The van der Waals surface area contributed by atoms with Crippen LogP contribution in [0.3, 0.4) is 0 Å². The molecule has 1 aliphatic carbocycles. The average molecular weight is 344 g/mol. The van der Waals surface area contributed by atoms with Crippen LogP contribution < -0.4 is 15.4 Å². The zero-order chi connectivity index (χ0) is 17.4. The quantitative estimate of drug-likeness (QED) is 0.911. The summed E-state index contributed by atoms with van der Waals surface area (Å²) >= 11 is 0. The van der Waals surface area contributed by atoms with Crippen LogP contribution in [0.4, 0.5) is 16.2 Å². The number of H-pyrrole nitrogens is 1. The van der Waals surface area contributed by atoms with E-state index in [2.05, 4.69) is 30.9 Å². The maximum atomic E-state index is 13.5. The van der Waals surface area contributed by atoms with Gasteiger partial charge in [0.1, 0.15) is 12.1 Å². The van der Waals surface area contributed by atoms with Gasteiger partial charge in [0.05, 0.1) is 5.69 Å². The lowest BCUT2D eigenvalue weighted by molar-refractivity contribution is 0.410. The lowest BCUT2D eigenvalue weighted by Gasteiger charge is -2.36. The molecule has 0 amide bonds. The highest BCUT2D eigenvalue weighted by atomic mass is 19.1. The highest BCUT2D eigenvalue weighted by Crippen LogP contribution is 2.35. The number of aryl methyl sites for hydroxylation is 1. The van der Waals surface area contributed by atoms with Gasteiger partial charge in [-0.05, 0) is 19.8 Å². The topological polar surface area (TPSA) is 78.0 Å². The maximum absolute atomic E-state index is 13.5. The van der Waals surface area contributed by atoms with Gasteiger partial charge in [0.15, 0.2) is 0 Å². The normalized spacial score (nSPS) is 18.3. The van der Waals surface area contributed by atoms with Crippen molar-refractivity contribution in [2.45, 2.75) is 32.1 Å². The Hall–Kier alpha value is -2.51. The predicted octanol–water partition coefficient (Wildman–Crippen LogP) is 1.60. The van der Waals surface area contributed by atoms with Crippen molar-refractivity contribution in [2.24, 2.45) is 0 Å². The molecule has 2 fully saturated rings. The first-order valence-electron chi connectivity index (χ1n) is 8.70. The Morgan fingerprint density at radius 1 is 1.16 bits per heavy atom. The first-order valence-corrected chi connectivity index (χ1v) is 8.70. The highest BCUT2D eigenvalue weighted by molar-refractivity contribution is 5.43. The van der Waals surface area contributed by atoms with Crippen molar-refractivity contribution >= 4 is 11.8 Å². The van der Waals surface area contributed by atoms with Crippen molar-refractivity contribution in [3.8, 4) is 0 Å². The van der Waals surface area contributed by atoms with Gasteiger partial charge in [-0.1, -0.05) is 6.42 Å². The molecule has 25 heavy (non-hydrogen) atoms. The minimum Gasteiger partial charge on any atom is -0.353 e. The van der Waals surface area contributed by atoms with Crippen LogP contribution in [0, 0.1) is 12.7 Å². The minimum absolute atomic E-state index is 0.127. The van der Waals surface area contributed by atoms with Crippen LogP contribution >= 0.6 is 0 Å². The first kappa shape index (κ1) is 16.0. The van der Waals surface area contributed by atoms with Crippen molar-refractivity contribution in [3.63, 3.8) is 0 Å². The molecule has 0 spiro atoms. The number of halogens is 1. The van der Waals surface area contributed by atoms with E-state index in [9.17, 15) is 9.18 Å². The molecule has 1 aliphatic heterocycles. The van der Waals surface area contributed by atoms with Gasteiger partial charge in [-0.2, -0.15) is 4.39 Å². The van der Waals surface area contributed by atoms with E-state index in [0.29, 0.717) is 25.0 Å². The molecule has 132 valence electrons. The molecule has 8 heteroatoms. The number of hydrogen-bond donors (Lipinski definition) is 1. The maximum Gasteiger partial charge on any atom is 0.288 e. The number of anilines is 2. The summed E-state index contributed by atoms with van der Waals surface area (Å²) in [4.78, 5) is 31.3. The summed E-state index contributed by atoms with van der Waals surface area (Å²) in [7, 11) is 0. The van der Waals surface area contributed by atoms with E-state index in [4.69, 9.17) is 0 Å². The molecule has 2 aliphatic rings. The lowest BCUT2D eigenvalue weighted by Crippen LogP contribution is -2.48. The van der Waals surface area contributed by atoms with E-state index in [1.807, 2.05) is 4.90 Å². The summed E-state index contributed by atoms with van der Waals surface area (Å²) in [5, 5.41) is 0. The standard InChI is InChI=1S/C17H21FN6O/c1-11-15(18)16(25)22-17(21-11)24-7-5-23(6-8-24)14-9-13(19-10-20-14)12-3-2-4-12/h9-10,12H,2-8H2,1H3,(H,21,22,25). The smallest absolute Gasteiger partial charge is 0.288 e. The molecule has 2 aromatic heterocycles. The summed E-state index contributed by atoms with van der Waals surface area (Å²) in [5.74, 6) is 1.15. The van der Waals surface area contributed by atoms with E-state index in [1.165, 1.54) is 26.2 Å². The molecule has 0 radical (unpaired) electrons. The second kappa shape index (κ2) is 6.42. The largest absolute Gasteiger partial charge is 0.353 e. The number of hydrogen-bond acceptors (Lipinski definition) is 6. The molecule has 0 aromatic carbocycles. The predicted molar refractivity (Wildman–Crippen MR) is 92.6 cm³/mol. The molecule has 3 heterocycles. The van der Waals surface area contributed by atoms with Crippen LogP contribution in [0.25, 0.3) is 0 Å². The lowest BCUT2D eigenvalue weighted by atomic mass is 9.83. The molecule has 1 N–H and O–H groups in total. The fourth-order valence-electron chi connectivity index (χ4n) is 3.32. The monoisotopic (exact) mass is 344 g/mol. The third kappa shape index (κ3) is 3.08. The van der Waals surface area contributed by atoms with Gasteiger partial charge in [0, 0.05) is 43.9 Å². The van der Waals surface area contributed by atoms with Crippen LogP contribution in [0.15, 0.2) is 17.2 Å².